The van der Waals surface area contributed by atoms with Crippen LogP contribution >= 0.6 is 0 Å². The highest BCUT2D eigenvalue weighted by Crippen LogP contribution is 2.53. The molecule has 55 heavy (non-hydrogen) atoms. The molecule has 300 valence electrons. The topological polar surface area (TPSA) is 108 Å². The van der Waals surface area contributed by atoms with Gasteiger partial charge in [-0.1, -0.05) is 107 Å². The average Bonchev–Trinajstić information content (AvgIpc) is 3.72. The Bertz CT molecular complexity index is 1630. The van der Waals surface area contributed by atoms with Gasteiger partial charge in [0, 0.05) is 25.2 Å². The maximum absolute atomic E-state index is 12.4. The number of fused-ring (bicyclic) bond motifs is 1. The fourth-order valence-electron chi connectivity index (χ4n) is 8.47. The number of methoxy groups -OCH3 is 1. The van der Waals surface area contributed by atoms with Crippen LogP contribution in [0.2, 0.25) is 5.04 Å². The second kappa shape index (κ2) is 16.6. The van der Waals surface area contributed by atoms with Crippen molar-refractivity contribution in [1.29, 1.82) is 0 Å². The van der Waals surface area contributed by atoms with Crippen LogP contribution in [0.4, 0.5) is 4.79 Å². The lowest BCUT2D eigenvalue weighted by molar-refractivity contribution is -0.379. The summed E-state index contributed by atoms with van der Waals surface area (Å²) in [7, 11) is -1.46. The maximum atomic E-state index is 12.4. The molecule has 0 saturated carbocycles. The van der Waals surface area contributed by atoms with Gasteiger partial charge in [0.05, 0.1) is 50.2 Å². The van der Waals surface area contributed by atoms with E-state index in [0.29, 0.717) is 45.3 Å². The van der Waals surface area contributed by atoms with Crippen LogP contribution in [0.3, 0.4) is 0 Å². The number of hydrogen-bond acceptors (Lipinski definition) is 10. The normalized spacial score (nSPS) is 30.8. The molecule has 0 bridgehead atoms. The van der Waals surface area contributed by atoms with Crippen molar-refractivity contribution in [1.82, 2.24) is 0 Å². The molecular weight excluding hydrogens is 717 g/mol. The van der Waals surface area contributed by atoms with Gasteiger partial charge < -0.3 is 37.6 Å². The highest BCUT2D eigenvalue weighted by atomic mass is 28.4. The lowest BCUT2D eigenvalue weighted by Crippen LogP contribution is -2.67. The summed E-state index contributed by atoms with van der Waals surface area (Å²) in [5.74, 6) is -2.46. The summed E-state index contributed by atoms with van der Waals surface area (Å²) in [6, 6.07) is 21.3. The first-order chi connectivity index (χ1) is 26.1. The number of allylic oxidation sites excluding steroid dienone is 1. The smallest absolute Gasteiger partial charge is 0.465 e. The van der Waals surface area contributed by atoms with Crippen molar-refractivity contribution in [3.05, 3.63) is 85.0 Å². The van der Waals surface area contributed by atoms with E-state index in [1.807, 2.05) is 45.1 Å². The number of rotatable bonds is 11. The van der Waals surface area contributed by atoms with E-state index in [9.17, 15) is 9.59 Å². The Morgan fingerprint density at radius 1 is 0.873 bits per heavy atom. The van der Waals surface area contributed by atoms with E-state index in [-0.39, 0.29) is 35.2 Å². The maximum Gasteiger partial charge on any atom is 0.508 e. The third-order valence-corrected chi connectivity index (χ3v) is 16.4. The molecule has 2 aromatic rings. The molecule has 0 unspecified atom stereocenters. The van der Waals surface area contributed by atoms with Gasteiger partial charge in [0.1, 0.15) is 0 Å². The Balaban J connectivity index is 1.13. The minimum absolute atomic E-state index is 0.0254. The fraction of sp³-hybridized carbons (Fsp3) is 0.591. The lowest BCUT2D eigenvalue weighted by atomic mass is 9.86. The lowest BCUT2D eigenvalue weighted by Gasteiger charge is -2.47. The van der Waals surface area contributed by atoms with Gasteiger partial charge in [-0.05, 0) is 61.5 Å². The molecule has 2 aromatic carbocycles. The Kier molecular flexibility index (Phi) is 12.5. The molecule has 2 spiro atoms. The van der Waals surface area contributed by atoms with E-state index in [4.69, 9.17) is 37.6 Å². The van der Waals surface area contributed by atoms with Crippen molar-refractivity contribution in [3.8, 4) is 0 Å². The van der Waals surface area contributed by atoms with Crippen molar-refractivity contribution in [2.45, 2.75) is 134 Å². The highest BCUT2D eigenvalue weighted by molar-refractivity contribution is 6.99. The number of benzene rings is 2. The standard InChI is InChI=1S/C44H60O10Si/c1-31-28-36-37(29-33(50-36)30-49-55(42(5,6)7,34-19-13-9-14-20-34)35-21-15-10-16-22-35)53-43(31)25-26-44(54-43)38(51-40(46)47-8)24-23-32(52-44)18-12-11-17-27-48-39(45)41(2,3)4/h9-10,12-16,18-24,31-33,36-38H,11,17,25-30H2,1-8H3/b18-12+/t31-,32-,33+,36-,37-,38+,43-,44-/m1/s1. The summed E-state index contributed by atoms with van der Waals surface area (Å²) < 4.78 is 50.5. The summed E-state index contributed by atoms with van der Waals surface area (Å²) in [5.41, 5.74) is -0.528. The largest absolute Gasteiger partial charge is 0.508 e. The molecular formula is C44H60O10Si. The van der Waals surface area contributed by atoms with Crippen molar-refractivity contribution < 1.29 is 47.2 Å². The second-order valence-electron chi connectivity index (χ2n) is 17.4. The molecule has 3 saturated heterocycles. The van der Waals surface area contributed by atoms with E-state index < -0.39 is 43.7 Å². The van der Waals surface area contributed by atoms with Gasteiger partial charge in [0.25, 0.3) is 8.32 Å². The van der Waals surface area contributed by atoms with Gasteiger partial charge in [0.15, 0.2) is 11.9 Å². The Labute approximate surface area is 327 Å². The first-order valence-corrected chi connectivity index (χ1v) is 21.7. The number of esters is 1. The highest BCUT2D eigenvalue weighted by Gasteiger charge is 2.63. The molecule has 0 aliphatic carbocycles. The Morgan fingerprint density at radius 2 is 1.53 bits per heavy atom. The number of carbonyl (C=O) groups is 2. The number of unbranched alkanes of at least 4 members (excludes halogenated alkanes) is 1. The zero-order valence-electron chi connectivity index (χ0n) is 33.8. The van der Waals surface area contributed by atoms with Crippen molar-refractivity contribution in [2.24, 2.45) is 11.3 Å². The minimum Gasteiger partial charge on any atom is -0.465 e. The van der Waals surface area contributed by atoms with E-state index in [0.717, 1.165) is 6.42 Å². The molecule has 4 aliphatic heterocycles. The molecule has 3 fully saturated rings. The molecule has 4 aliphatic rings. The SMILES string of the molecule is COC(=O)O[C@H]1C=C[C@@H](/C=C/CCCOC(=O)C(C)(C)C)O[C@@]12CC[C@@]1(O[C@@H]3C[C@@H](CO[Si](c4ccccc4)(c4ccccc4)C(C)(C)C)O[C@@H]3C[C@H]1C)O2. The minimum atomic E-state index is -2.74. The number of hydrogen-bond donors (Lipinski definition) is 0. The molecule has 8 atom stereocenters. The Hall–Kier alpha value is -3.32. The quantitative estimate of drug-likeness (QED) is 0.0994. The molecule has 6 rings (SSSR count). The first kappa shape index (κ1) is 41.3. The summed E-state index contributed by atoms with van der Waals surface area (Å²) in [5, 5.41) is 2.32. The molecule has 0 N–H and O–H groups in total. The van der Waals surface area contributed by atoms with E-state index >= 15 is 0 Å². The Morgan fingerprint density at radius 3 is 2.15 bits per heavy atom. The van der Waals surface area contributed by atoms with Crippen LogP contribution < -0.4 is 10.4 Å². The fourth-order valence-corrected chi connectivity index (χ4v) is 13.1. The van der Waals surface area contributed by atoms with Gasteiger partial charge in [-0.25, -0.2) is 4.79 Å². The van der Waals surface area contributed by atoms with Crippen LogP contribution in [0.25, 0.3) is 0 Å². The summed E-state index contributed by atoms with van der Waals surface area (Å²) in [4.78, 5) is 24.5. The van der Waals surface area contributed by atoms with Crippen LogP contribution in [-0.2, 0) is 42.4 Å². The summed E-state index contributed by atoms with van der Waals surface area (Å²) >= 11 is 0. The van der Waals surface area contributed by atoms with E-state index in [1.54, 1.807) is 0 Å². The zero-order chi connectivity index (χ0) is 39.5. The number of ether oxygens (including phenoxy) is 7. The van der Waals surface area contributed by atoms with Gasteiger partial charge in [-0.3, -0.25) is 4.79 Å². The monoisotopic (exact) mass is 776 g/mol. The van der Waals surface area contributed by atoms with Crippen LogP contribution in [-0.4, -0.2) is 82.9 Å². The molecule has 10 nitrogen and oxygen atoms in total. The van der Waals surface area contributed by atoms with Crippen LogP contribution in [0.5, 0.6) is 0 Å². The summed E-state index contributed by atoms with van der Waals surface area (Å²) in [6.45, 7) is 15.3. The third kappa shape index (κ3) is 8.82. The average molecular weight is 777 g/mol. The predicted molar refractivity (Wildman–Crippen MR) is 211 cm³/mol. The molecule has 11 heteroatoms. The molecule has 0 radical (unpaired) electrons. The van der Waals surface area contributed by atoms with Crippen molar-refractivity contribution in [2.75, 3.05) is 20.3 Å². The van der Waals surface area contributed by atoms with Gasteiger partial charge in [-0.2, -0.15) is 0 Å². The van der Waals surface area contributed by atoms with Gasteiger partial charge in [0.2, 0.25) is 5.79 Å². The van der Waals surface area contributed by atoms with Crippen LogP contribution in [0.1, 0.15) is 87.0 Å². The molecule has 0 aromatic heterocycles. The predicted octanol–water partition coefficient (Wildman–Crippen LogP) is 7.38. The van der Waals surface area contributed by atoms with Gasteiger partial charge in [-0.15, -0.1) is 0 Å². The van der Waals surface area contributed by atoms with Crippen molar-refractivity contribution in [3.63, 3.8) is 0 Å². The molecule has 4 heterocycles. The van der Waals surface area contributed by atoms with Crippen molar-refractivity contribution >= 4 is 30.8 Å². The number of carbonyl (C=O) groups excluding carboxylic acids is 2. The van der Waals surface area contributed by atoms with Crippen LogP contribution in [0, 0.1) is 11.3 Å². The second-order valence-corrected chi connectivity index (χ2v) is 21.7. The first-order valence-electron chi connectivity index (χ1n) is 19.8. The molecule has 0 amide bonds. The van der Waals surface area contributed by atoms with E-state index in [1.165, 1.54) is 17.5 Å². The van der Waals surface area contributed by atoms with Gasteiger partial charge >= 0.3 is 12.1 Å². The summed E-state index contributed by atoms with van der Waals surface area (Å²) in [6.07, 6.45) is 8.95. The third-order valence-electron chi connectivity index (χ3n) is 11.4. The van der Waals surface area contributed by atoms with E-state index in [2.05, 4.69) is 88.4 Å². The van der Waals surface area contributed by atoms with Crippen LogP contribution in [0.15, 0.2) is 85.0 Å². The zero-order valence-corrected chi connectivity index (χ0v) is 34.8.